The van der Waals surface area contributed by atoms with E-state index in [1.165, 1.54) is 0 Å². The molecular weight excluding hydrogens is 280 g/mol. The Kier molecular flexibility index (Phi) is 3.84. The molecule has 0 saturated carbocycles. The second-order valence-electron chi connectivity index (χ2n) is 4.65. The molecule has 1 aromatic carbocycles. The van der Waals surface area contributed by atoms with Gasteiger partial charge in [-0.25, -0.2) is 0 Å². The molecule has 0 unspecified atom stereocenters. The van der Waals surface area contributed by atoms with Gasteiger partial charge in [0.05, 0.1) is 0 Å². The van der Waals surface area contributed by atoms with Gasteiger partial charge in [0.15, 0.2) is 0 Å². The van der Waals surface area contributed by atoms with Gasteiger partial charge in [0.1, 0.15) is 0 Å². The van der Waals surface area contributed by atoms with Crippen LogP contribution in [0.5, 0.6) is 0 Å². The lowest BCUT2D eigenvalue weighted by atomic mass is 10.0. The maximum atomic E-state index is 12.3. The van der Waals surface area contributed by atoms with Gasteiger partial charge >= 0.3 is 0 Å². The largest absolute Gasteiger partial charge is 0.339 e. The fourth-order valence-corrected chi connectivity index (χ4v) is 2.75. The van der Waals surface area contributed by atoms with Crippen LogP contribution in [0.2, 0.25) is 0 Å². The number of carbonyl (C=O) groups excluding carboxylic acids is 1. The maximum Gasteiger partial charge on any atom is 0.253 e. The third kappa shape index (κ3) is 3.07. The Labute approximate surface area is 110 Å². The summed E-state index contributed by atoms with van der Waals surface area (Å²) in [7, 11) is 0. The standard InChI is InChI=1S/C13H17BrN2O/c1-9-6-10(8-11(14)7-9)13(17)16-4-2-12(15)3-5-16/h6-8,12H,2-5,15H2,1H3. The van der Waals surface area contributed by atoms with Crippen molar-refractivity contribution in [2.45, 2.75) is 25.8 Å². The van der Waals surface area contributed by atoms with E-state index < -0.39 is 0 Å². The smallest absolute Gasteiger partial charge is 0.253 e. The summed E-state index contributed by atoms with van der Waals surface area (Å²) < 4.78 is 0.953. The van der Waals surface area contributed by atoms with E-state index in [4.69, 9.17) is 5.73 Å². The van der Waals surface area contributed by atoms with Gasteiger partial charge in [-0.1, -0.05) is 15.9 Å². The van der Waals surface area contributed by atoms with Crippen molar-refractivity contribution in [1.29, 1.82) is 0 Å². The Morgan fingerprint density at radius 3 is 2.59 bits per heavy atom. The molecule has 1 heterocycles. The minimum absolute atomic E-state index is 0.112. The van der Waals surface area contributed by atoms with E-state index in [0.717, 1.165) is 41.5 Å². The van der Waals surface area contributed by atoms with Crippen molar-refractivity contribution in [2.75, 3.05) is 13.1 Å². The number of nitrogens with zero attached hydrogens (tertiary/aromatic N) is 1. The number of hydrogen-bond acceptors (Lipinski definition) is 2. The lowest BCUT2D eigenvalue weighted by Crippen LogP contribution is -2.42. The number of halogens is 1. The van der Waals surface area contributed by atoms with Gasteiger partial charge in [0, 0.05) is 29.2 Å². The summed E-state index contributed by atoms with van der Waals surface area (Å²) in [6.07, 6.45) is 1.80. The number of likely N-dealkylation sites (tertiary alicyclic amines) is 1. The molecule has 0 radical (unpaired) electrons. The number of benzene rings is 1. The first kappa shape index (κ1) is 12.6. The van der Waals surface area contributed by atoms with Crippen LogP contribution in [0.3, 0.4) is 0 Å². The molecule has 4 heteroatoms. The van der Waals surface area contributed by atoms with Gasteiger partial charge in [0.2, 0.25) is 0 Å². The summed E-state index contributed by atoms with van der Waals surface area (Å²) >= 11 is 3.42. The Bertz CT molecular complexity index is 405. The van der Waals surface area contributed by atoms with Crippen LogP contribution in [0.15, 0.2) is 22.7 Å². The summed E-state index contributed by atoms with van der Waals surface area (Å²) in [6, 6.07) is 6.07. The van der Waals surface area contributed by atoms with Crippen molar-refractivity contribution in [1.82, 2.24) is 4.90 Å². The predicted octanol–water partition coefficient (Wildman–Crippen LogP) is 2.32. The fourth-order valence-electron chi connectivity index (χ4n) is 2.14. The number of nitrogens with two attached hydrogens (primary N) is 1. The summed E-state index contributed by atoms with van der Waals surface area (Å²) in [4.78, 5) is 14.2. The van der Waals surface area contributed by atoms with Gasteiger partial charge in [-0.15, -0.1) is 0 Å². The van der Waals surface area contributed by atoms with Crippen molar-refractivity contribution >= 4 is 21.8 Å². The van der Waals surface area contributed by atoms with Crippen molar-refractivity contribution in [3.8, 4) is 0 Å². The van der Waals surface area contributed by atoms with Crippen LogP contribution in [0, 0.1) is 6.92 Å². The maximum absolute atomic E-state index is 12.3. The van der Waals surface area contributed by atoms with Gasteiger partial charge in [-0.2, -0.15) is 0 Å². The topological polar surface area (TPSA) is 46.3 Å². The quantitative estimate of drug-likeness (QED) is 0.864. The molecule has 2 rings (SSSR count). The number of amides is 1. The van der Waals surface area contributed by atoms with E-state index in [1.54, 1.807) is 0 Å². The zero-order chi connectivity index (χ0) is 12.4. The van der Waals surface area contributed by atoms with Crippen LogP contribution in [-0.2, 0) is 0 Å². The summed E-state index contributed by atoms with van der Waals surface area (Å²) in [5.74, 6) is 0.112. The van der Waals surface area contributed by atoms with E-state index in [0.29, 0.717) is 0 Å². The Morgan fingerprint density at radius 2 is 2.00 bits per heavy atom. The monoisotopic (exact) mass is 296 g/mol. The average Bonchev–Trinajstić information content (AvgIpc) is 2.28. The van der Waals surface area contributed by atoms with Crippen molar-refractivity contribution in [2.24, 2.45) is 5.73 Å². The first-order valence-corrected chi connectivity index (χ1v) is 6.67. The van der Waals surface area contributed by atoms with E-state index in [-0.39, 0.29) is 11.9 Å². The van der Waals surface area contributed by atoms with E-state index in [9.17, 15) is 4.79 Å². The molecule has 1 fully saturated rings. The summed E-state index contributed by atoms with van der Waals surface area (Å²) in [5, 5.41) is 0. The third-order valence-electron chi connectivity index (χ3n) is 3.12. The summed E-state index contributed by atoms with van der Waals surface area (Å²) in [6.45, 7) is 3.53. The van der Waals surface area contributed by atoms with Gasteiger partial charge < -0.3 is 10.6 Å². The number of piperidine rings is 1. The molecule has 1 aromatic rings. The molecular formula is C13H17BrN2O. The van der Waals surface area contributed by atoms with E-state index in [1.807, 2.05) is 30.0 Å². The van der Waals surface area contributed by atoms with Gasteiger partial charge in [0.25, 0.3) is 5.91 Å². The number of carbonyl (C=O) groups is 1. The van der Waals surface area contributed by atoms with Crippen molar-refractivity contribution in [3.05, 3.63) is 33.8 Å². The van der Waals surface area contributed by atoms with Crippen LogP contribution < -0.4 is 5.73 Å². The Hall–Kier alpha value is -0.870. The van der Waals surface area contributed by atoms with Crippen molar-refractivity contribution in [3.63, 3.8) is 0 Å². The third-order valence-corrected chi connectivity index (χ3v) is 3.57. The average molecular weight is 297 g/mol. The molecule has 0 aliphatic carbocycles. The minimum Gasteiger partial charge on any atom is -0.339 e. The highest BCUT2D eigenvalue weighted by molar-refractivity contribution is 9.10. The summed E-state index contributed by atoms with van der Waals surface area (Å²) in [5.41, 5.74) is 7.69. The number of aryl methyl sites for hydroxylation is 1. The van der Waals surface area contributed by atoms with E-state index >= 15 is 0 Å². The molecule has 1 aliphatic rings. The molecule has 1 amide bonds. The molecule has 1 aliphatic heterocycles. The van der Waals surface area contributed by atoms with Crippen molar-refractivity contribution < 1.29 is 4.79 Å². The van der Waals surface area contributed by atoms with E-state index in [2.05, 4.69) is 15.9 Å². The molecule has 2 N–H and O–H groups in total. The molecule has 0 bridgehead atoms. The normalized spacial score (nSPS) is 17.2. The van der Waals surface area contributed by atoms with Crippen LogP contribution in [0.25, 0.3) is 0 Å². The zero-order valence-electron chi connectivity index (χ0n) is 9.95. The number of rotatable bonds is 1. The molecule has 0 atom stereocenters. The predicted molar refractivity (Wildman–Crippen MR) is 72.0 cm³/mol. The highest BCUT2D eigenvalue weighted by Crippen LogP contribution is 2.18. The molecule has 92 valence electrons. The first-order chi connectivity index (χ1) is 8.06. The Balaban J connectivity index is 2.14. The molecule has 3 nitrogen and oxygen atoms in total. The highest BCUT2D eigenvalue weighted by Gasteiger charge is 2.21. The lowest BCUT2D eigenvalue weighted by Gasteiger charge is -2.30. The first-order valence-electron chi connectivity index (χ1n) is 5.88. The van der Waals surface area contributed by atoms with Crippen LogP contribution in [-0.4, -0.2) is 29.9 Å². The Morgan fingerprint density at radius 1 is 1.35 bits per heavy atom. The second-order valence-corrected chi connectivity index (χ2v) is 5.56. The van der Waals surface area contributed by atoms with Crippen LogP contribution in [0.1, 0.15) is 28.8 Å². The zero-order valence-corrected chi connectivity index (χ0v) is 11.5. The van der Waals surface area contributed by atoms with Crippen LogP contribution >= 0.6 is 15.9 Å². The highest BCUT2D eigenvalue weighted by atomic mass is 79.9. The molecule has 17 heavy (non-hydrogen) atoms. The van der Waals surface area contributed by atoms with Crippen LogP contribution in [0.4, 0.5) is 0 Å². The number of hydrogen-bond donors (Lipinski definition) is 1. The lowest BCUT2D eigenvalue weighted by molar-refractivity contribution is 0.0714. The van der Waals surface area contributed by atoms with Gasteiger partial charge in [-0.3, -0.25) is 4.79 Å². The van der Waals surface area contributed by atoms with Gasteiger partial charge in [-0.05, 0) is 43.5 Å². The fraction of sp³-hybridized carbons (Fsp3) is 0.462. The minimum atomic E-state index is 0.112. The SMILES string of the molecule is Cc1cc(Br)cc(C(=O)N2CCC(N)CC2)c1. The second kappa shape index (κ2) is 5.19. The molecule has 0 aromatic heterocycles. The molecule has 1 saturated heterocycles. The molecule has 0 spiro atoms.